The van der Waals surface area contributed by atoms with Gasteiger partial charge in [0, 0.05) is 39.6 Å². The van der Waals surface area contributed by atoms with Crippen LogP contribution in [0.3, 0.4) is 0 Å². The van der Waals surface area contributed by atoms with Crippen LogP contribution in [-0.2, 0) is 37.5 Å². The van der Waals surface area contributed by atoms with Crippen molar-refractivity contribution in [3.8, 4) is 0 Å². The molecule has 0 amide bonds. The molecule has 0 aliphatic carbocycles. The number of carbonyl (C=O) groups is 1. The normalized spacial score (nSPS) is 3.57. The number of carboxylic acid groups (broad SMARTS) is 1. The Balaban J connectivity index is -0.0000000150. The third kappa shape index (κ3) is 538. The average molecular weight is 185 g/mol. The summed E-state index contributed by atoms with van der Waals surface area (Å²) in [5.74, 6) is -0.833. The van der Waals surface area contributed by atoms with Gasteiger partial charge in [0.15, 0.2) is 0 Å². The average Bonchev–Trinajstić information content (AvgIpc) is 0.811. The zero-order chi connectivity index (χ0) is 3.58. The van der Waals surface area contributed by atoms with Gasteiger partial charge in [-0.3, -0.25) is 4.79 Å². The number of rotatable bonds is 0. The maximum absolute atomic E-state index is 9.00. The van der Waals surface area contributed by atoms with E-state index in [1.54, 1.807) is 0 Å². The van der Waals surface area contributed by atoms with Crippen molar-refractivity contribution in [3.63, 3.8) is 0 Å². The quantitative estimate of drug-likeness (QED) is 0.493. The summed E-state index contributed by atoms with van der Waals surface area (Å²) in [5.41, 5.74) is 0. The van der Waals surface area contributed by atoms with Gasteiger partial charge in [0.05, 0.1) is 0 Å². The smallest absolute Gasteiger partial charge is 0.300 e. The van der Waals surface area contributed by atoms with E-state index in [9.17, 15) is 0 Å². The van der Waals surface area contributed by atoms with Gasteiger partial charge in [-0.2, -0.15) is 0 Å². The molecule has 0 aromatic heterocycles. The maximum Gasteiger partial charge on any atom is 0.300 e. The van der Waals surface area contributed by atoms with Crippen LogP contribution in [0.15, 0.2) is 0 Å². The zero-order valence-electron chi connectivity index (χ0n) is 3.93. The van der Waals surface area contributed by atoms with E-state index in [2.05, 4.69) is 0 Å². The summed E-state index contributed by atoms with van der Waals surface area (Å²) in [4.78, 5) is 9.00. The molecule has 5 heteroatoms. The van der Waals surface area contributed by atoms with Gasteiger partial charge in [-0.15, -0.1) is 0 Å². The third-order valence-corrected chi connectivity index (χ3v) is 0. The summed E-state index contributed by atoms with van der Waals surface area (Å²) < 4.78 is 0. The van der Waals surface area contributed by atoms with Gasteiger partial charge < -0.3 is 16.1 Å². The van der Waals surface area contributed by atoms with Crippen molar-refractivity contribution in [1.82, 2.24) is 0 Å². The fraction of sp³-hybridized carbons (Fsp3) is 0.500. The molecular weight excluding hydrogens is 177 g/mol. The fourth-order valence-corrected chi connectivity index (χ4v) is 0. The molecule has 0 aliphatic rings. The Labute approximate surface area is 66.4 Å². The molecule has 0 fully saturated rings. The van der Waals surface area contributed by atoms with E-state index >= 15 is 0 Å². The van der Waals surface area contributed by atoms with E-state index in [0.717, 1.165) is 6.92 Å². The largest absolute Gasteiger partial charge is 0.481 e. The van der Waals surface area contributed by atoms with Crippen LogP contribution in [0.5, 0.6) is 0 Å². The molecule has 0 saturated heterocycles. The molecule has 1 radical (unpaired) electrons. The van der Waals surface area contributed by atoms with Crippen LogP contribution in [0, 0.1) is 0 Å². The van der Waals surface area contributed by atoms with Crippen molar-refractivity contribution in [3.05, 3.63) is 0 Å². The first-order valence-corrected chi connectivity index (χ1v) is 0.928. The van der Waals surface area contributed by atoms with Gasteiger partial charge in [-0.25, -0.2) is 0 Å². The fourth-order valence-electron chi connectivity index (χ4n) is 0. The van der Waals surface area contributed by atoms with Crippen molar-refractivity contribution in [1.29, 1.82) is 0 Å². The monoisotopic (exact) mass is 185 g/mol. The number of hydrogen-bond acceptors (Lipinski definition) is 1. The predicted octanol–water partition coefficient (Wildman–Crippen LogP) is -1.56. The van der Waals surface area contributed by atoms with E-state index in [0.29, 0.717) is 0 Å². The van der Waals surface area contributed by atoms with Crippen molar-refractivity contribution in [2.45, 2.75) is 6.92 Å². The van der Waals surface area contributed by atoms with Gasteiger partial charge >= 0.3 is 0 Å². The molecule has 0 spiro atoms. The number of aliphatic carboxylic acids is 1. The minimum absolute atomic E-state index is 0. The summed E-state index contributed by atoms with van der Waals surface area (Å²) in [5, 5.41) is 7.42. The van der Waals surface area contributed by atoms with Crippen molar-refractivity contribution < 1.29 is 53.6 Å². The topological polar surface area (TPSA) is 100 Å². The zero-order valence-corrected chi connectivity index (χ0v) is 6.77. The minimum atomic E-state index is -0.833. The molecule has 43 valence electrons. The van der Waals surface area contributed by atoms with Crippen LogP contribution in [0.2, 0.25) is 0 Å². The van der Waals surface area contributed by atoms with E-state index in [1.165, 1.54) is 0 Å². The Morgan fingerprint density at radius 1 is 1.43 bits per heavy atom. The second kappa shape index (κ2) is 16.1. The maximum atomic E-state index is 9.00. The van der Waals surface area contributed by atoms with Gasteiger partial charge in [0.1, 0.15) is 0 Å². The predicted molar refractivity (Wildman–Crippen MR) is 20.5 cm³/mol. The summed E-state index contributed by atoms with van der Waals surface area (Å²) in [7, 11) is 0. The summed E-state index contributed by atoms with van der Waals surface area (Å²) in [6, 6.07) is 0. The Hall–Kier alpha value is 0.494. The second-order valence-electron chi connectivity index (χ2n) is 0.519. The molecule has 7 heavy (non-hydrogen) atoms. The molecule has 0 heterocycles. The van der Waals surface area contributed by atoms with Crippen LogP contribution in [-0.4, -0.2) is 22.0 Å². The Morgan fingerprint density at radius 3 is 1.43 bits per heavy atom. The molecule has 4 nitrogen and oxygen atoms in total. The van der Waals surface area contributed by atoms with Gasteiger partial charge in [-0.1, -0.05) is 0 Å². The van der Waals surface area contributed by atoms with Crippen molar-refractivity contribution in [2.75, 3.05) is 0 Å². The molecule has 0 aromatic rings. The Morgan fingerprint density at radius 2 is 1.43 bits per heavy atom. The van der Waals surface area contributed by atoms with Gasteiger partial charge in [0.25, 0.3) is 5.97 Å². The first kappa shape index (κ1) is 25.9. The van der Waals surface area contributed by atoms with Crippen LogP contribution in [0.1, 0.15) is 6.92 Å². The van der Waals surface area contributed by atoms with Gasteiger partial charge in [-0.05, 0) is 0 Å². The number of hydrogen-bond donors (Lipinski definition) is 1. The van der Waals surface area contributed by atoms with Crippen LogP contribution < -0.4 is 0 Å². The molecule has 0 bridgehead atoms. The molecule has 0 aromatic carbocycles. The van der Waals surface area contributed by atoms with Crippen molar-refractivity contribution in [2.24, 2.45) is 0 Å². The Bertz CT molecular complexity index is 32.7. The van der Waals surface area contributed by atoms with Crippen LogP contribution >= 0.6 is 0 Å². The van der Waals surface area contributed by atoms with E-state index in [4.69, 9.17) is 9.90 Å². The Kier molecular flexibility index (Phi) is 59.4. The molecule has 0 unspecified atom stereocenters. The summed E-state index contributed by atoms with van der Waals surface area (Å²) in [6.07, 6.45) is 0. The van der Waals surface area contributed by atoms with E-state index in [-0.39, 0.29) is 43.7 Å². The molecule has 0 aliphatic heterocycles. The summed E-state index contributed by atoms with van der Waals surface area (Å²) in [6.45, 7) is 1.08. The minimum Gasteiger partial charge on any atom is -0.481 e. The van der Waals surface area contributed by atoms with Crippen LogP contribution in [0.25, 0.3) is 0 Å². The van der Waals surface area contributed by atoms with Crippen LogP contribution in [0.4, 0.5) is 0 Å². The standard InChI is InChI=1S/C2H4O2.2H2O.Y/c1-2(3)4;;;/h1H3,(H,3,4);2*1H2;. The molecular formula is C2H8O4Y. The molecule has 0 saturated carbocycles. The summed E-state index contributed by atoms with van der Waals surface area (Å²) >= 11 is 0. The van der Waals surface area contributed by atoms with Gasteiger partial charge in [0.2, 0.25) is 0 Å². The molecule has 0 rings (SSSR count). The molecule has 0 atom stereocenters. The second-order valence-corrected chi connectivity index (χ2v) is 0.519. The number of carboxylic acids is 1. The first-order valence-electron chi connectivity index (χ1n) is 0.928. The first-order chi connectivity index (χ1) is 1.73. The molecule has 5 N–H and O–H groups in total. The van der Waals surface area contributed by atoms with E-state index in [1.807, 2.05) is 0 Å². The third-order valence-electron chi connectivity index (χ3n) is 0. The van der Waals surface area contributed by atoms with E-state index < -0.39 is 5.97 Å². The van der Waals surface area contributed by atoms with Crippen molar-refractivity contribution >= 4 is 5.97 Å². The SMILES string of the molecule is CC(=O)O.O.O.[Y].